The maximum atomic E-state index is 11.8. The quantitative estimate of drug-likeness (QED) is 0.797. The van der Waals surface area contributed by atoms with E-state index >= 15 is 0 Å². The van der Waals surface area contributed by atoms with Crippen molar-refractivity contribution in [3.05, 3.63) is 0 Å². The zero-order valence-corrected chi connectivity index (χ0v) is 10.8. The number of nitrogens with one attached hydrogen (secondary N) is 2. The van der Waals surface area contributed by atoms with E-state index in [1.807, 2.05) is 6.92 Å². The second-order valence-corrected chi connectivity index (χ2v) is 5.01. The van der Waals surface area contributed by atoms with Gasteiger partial charge in [0.05, 0.1) is 6.04 Å². The first-order valence-electron chi connectivity index (χ1n) is 6.32. The molecule has 2 aliphatic rings. The average Bonchev–Trinajstić information content (AvgIpc) is 3.03. The fourth-order valence-electron chi connectivity index (χ4n) is 2.25. The summed E-state index contributed by atoms with van der Waals surface area (Å²) < 4.78 is 0. The third-order valence-electron chi connectivity index (χ3n) is 3.41. The van der Waals surface area contributed by atoms with Crippen LogP contribution in [0.4, 0.5) is 0 Å². The summed E-state index contributed by atoms with van der Waals surface area (Å²) in [7, 11) is 0. The molecule has 0 aromatic heterocycles. The molecule has 0 aliphatic heterocycles. The molecule has 2 fully saturated rings. The molecule has 94 valence electrons. The van der Waals surface area contributed by atoms with Gasteiger partial charge in [-0.1, -0.05) is 19.3 Å². The highest BCUT2D eigenvalue weighted by molar-refractivity contribution is 5.85. The molecule has 0 heterocycles. The largest absolute Gasteiger partial charge is 0.352 e. The van der Waals surface area contributed by atoms with Gasteiger partial charge in [0.25, 0.3) is 0 Å². The molecule has 1 atom stereocenters. The molecule has 2 rings (SSSR count). The Labute approximate surface area is 104 Å². The van der Waals surface area contributed by atoms with Crippen LogP contribution in [0.1, 0.15) is 51.9 Å². The van der Waals surface area contributed by atoms with Crippen molar-refractivity contribution in [1.29, 1.82) is 0 Å². The predicted octanol–water partition coefficient (Wildman–Crippen LogP) is 2.00. The van der Waals surface area contributed by atoms with E-state index in [1.54, 1.807) is 0 Å². The Kier molecular flexibility index (Phi) is 5.56. The van der Waals surface area contributed by atoms with Gasteiger partial charge in [0.2, 0.25) is 5.91 Å². The fourth-order valence-corrected chi connectivity index (χ4v) is 2.25. The van der Waals surface area contributed by atoms with Gasteiger partial charge in [0.15, 0.2) is 0 Å². The van der Waals surface area contributed by atoms with Crippen LogP contribution >= 0.6 is 12.4 Å². The third kappa shape index (κ3) is 4.30. The van der Waals surface area contributed by atoms with Gasteiger partial charge in [-0.05, 0) is 32.6 Å². The van der Waals surface area contributed by atoms with Gasteiger partial charge in [-0.15, -0.1) is 12.4 Å². The Balaban J connectivity index is 0.00000128. The Morgan fingerprint density at radius 2 is 1.69 bits per heavy atom. The van der Waals surface area contributed by atoms with Crippen molar-refractivity contribution in [3.8, 4) is 0 Å². The van der Waals surface area contributed by atoms with Gasteiger partial charge >= 0.3 is 0 Å². The summed E-state index contributed by atoms with van der Waals surface area (Å²) in [6.45, 7) is 1.97. The minimum atomic E-state index is -0.0144. The number of amides is 1. The van der Waals surface area contributed by atoms with Crippen LogP contribution in [0.3, 0.4) is 0 Å². The molecule has 0 saturated heterocycles. The SMILES string of the molecule is CC(NC1CC1)C(=O)NC1CCCCC1.Cl. The second kappa shape index (κ2) is 6.45. The average molecular weight is 247 g/mol. The van der Waals surface area contributed by atoms with Crippen molar-refractivity contribution in [1.82, 2.24) is 10.6 Å². The number of hydrogen-bond donors (Lipinski definition) is 2. The summed E-state index contributed by atoms with van der Waals surface area (Å²) in [5.74, 6) is 0.189. The summed E-state index contributed by atoms with van der Waals surface area (Å²) in [4.78, 5) is 11.8. The normalized spacial score (nSPS) is 23.3. The summed E-state index contributed by atoms with van der Waals surface area (Å²) in [5, 5.41) is 6.48. The van der Waals surface area contributed by atoms with Crippen LogP contribution in [-0.2, 0) is 4.79 Å². The van der Waals surface area contributed by atoms with E-state index in [-0.39, 0.29) is 24.4 Å². The van der Waals surface area contributed by atoms with Crippen molar-refractivity contribution >= 4 is 18.3 Å². The second-order valence-electron chi connectivity index (χ2n) is 5.01. The molecule has 1 unspecified atom stereocenters. The van der Waals surface area contributed by atoms with E-state index in [0.717, 1.165) is 0 Å². The highest BCUT2D eigenvalue weighted by atomic mass is 35.5. The molecule has 1 amide bonds. The molecule has 2 saturated carbocycles. The molecule has 2 N–H and O–H groups in total. The highest BCUT2D eigenvalue weighted by Crippen LogP contribution is 2.20. The van der Waals surface area contributed by atoms with E-state index < -0.39 is 0 Å². The summed E-state index contributed by atoms with van der Waals surface area (Å²) >= 11 is 0. The molecule has 16 heavy (non-hydrogen) atoms. The first-order chi connectivity index (χ1) is 7.25. The molecule has 4 heteroatoms. The highest BCUT2D eigenvalue weighted by Gasteiger charge is 2.26. The van der Waals surface area contributed by atoms with E-state index in [1.165, 1.54) is 44.9 Å². The lowest BCUT2D eigenvalue weighted by molar-refractivity contribution is -0.123. The number of carbonyl (C=O) groups is 1. The van der Waals surface area contributed by atoms with Crippen LogP contribution in [-0.4, -0.2) is 24.0 Å². The number of hydrogen-bond acceptors (Lipinski definition) is 2. The Bertz CT molecular complexity index is 225. The molecular formula is C12H23ClN2O. The number of rotatable bonds is 4. The maximum Gasteiger partial charge on any atom is 0.237 e. The standard InChI is InChI=1S/C12H22N2O.ClH/c1-9(13-11-7-8-11)12(15)14-10-5-3-2-4-6-10;/h9-11,13H,2-8H2,1H3,(H,14,15);1H. The van der Waals surface area contributed by atoms with Crippen LogP contribution in [0.2, 0.25) is 0 Å². The van der Waals surface area contributed by atoms with Crippen LogP contribution in [0, 0.1) is 0 Å². The van der Waals surface area contributed by atoms with Gasteiger partial charge in [-0.2, -0.15) is 0 Å². The fraction of sp³-hybridized carbons (Fsp3) is 0.917. The number of carbonyl (C=O) groups excluding carboxylic acids is 1. The summed E-state index contributed by atoms with van der Waals surface area (Å²) in [6, 6.07) is 1.03. The monoisotopic (exact) mass is 246 g/mol. The third-order valence-corrected chi connectivity index (χ3v) is 3.41. The van der Waals surface area contributed by atoms with Gasteiger partial charge in [-0.3, -0.25) is 4.79 Å². The van der Waals surface area contributed by atoms with Crippen LogP contribution in [0.15, 0.2) is 0 Å². The molecule has 0 aromatic rings. The van der Waals surface area contributed by atoms with Crippen molar-refractivity contribution in [2.24, 2.45) is 0 Å². The van der Waals surface area contributed by atoms with Crippen LogP contribution in [0.5, 0.6) is 0 Å². The lowest BCUT2D eigenvalue weighted by Gasteiger charge is -2.24. The van der Waals surface area contributed by atoms with Crippen molar-refractivity contribution in [3.63, 3.8) is 0 Å². The smallest absolute Gasteiger partial charge is 0.237 e. The lowest BCUT2D eigenvalue weighted by atomic mass is 9.95. The summed E-state index contributed by atoms with van der Waals surface area (Å²) in [6.07, 6.45) is 8.69. The maximum absolute atomic E-state index is 11.8. The molecule has 0 spiro atoms. The Morgan fingerprint density at radius 1 is 1.06 bits per heavy atom. The molecule has 2 aliphatic carbocycles. The molecular weight excluding hydrogens is 224 g/mol. The van der Waals surface area contributed by atoms with Gasteiger partial charge in [0.1, 0.15) is 0 Å². The zero-order chi connectivity index (χ0) is 10.7. The topological polar surface area (TPSA) is 41.1 Å². The van der Waals surface area contributed by atoms with E-state index in [4.69, 9.17) is 0 Å². The first kappa shape index (κ1) is 13.8. The van der Waals surface area contributed by atoms with Crippen LogP contribution < -0.4 is 10.6 Å². The van der Waals surface area contributed by atoms with E-state index in [0.29, 0.717) is 12.1 Å². The summed E-state index contributed by atoms with van der Waals surface area (Å²) in [5.41, 5.74) is 0. The first-order valence-corrected chi connectivity index (χ1v) is 6.32. The van der Waals surface area contributed by atoms with Crippen molar-refractivity contribution in [2.75, 3.05) is 0 Å². The van der Waals surface area contributed by atoms with E-state index in [2.05, 4.69) is 10.6 Å². The van der Waals surface area contributed by atoms with Crippen LogP contribution in [0.25, 0.3) is 0 Å². The minimum Gasteiger partial charge on any atom is -0.352 e. The zero-order valence-electron chi connectivity index (χ0n) is 10.00. The molecule has 0 radical (unpaired) electrons. The van der Waals surface area contributed by atoms with Crippen molar-refractivity contribution in [2.45, 2.75) is 70.0 Å². The minimum absolute atomic E-state index is 0. The predicted molar refractivity (Wildman–Crippen MR) is 67.9 cm³/mol. The lowest BCUT2D eigenvalue weighted by Crippen LogP contribution is -2.47. The van der Waals surface area contributed by atoms with E-state index in [9.17, 15) is 4.79 Å². The van der Waals surface area contributed by atoms with Gasteiger partial charge in [0, 0.05) is 12.1 Å². The Morgan fingerprint density at radius 3 is 2.25 bits per heavy atom. The van der Waals surface area contributed by atoms with Gasteiger partial charge in [-0.25, -0.2) is 0 Å². The number of halogens is 1. The van der Waals surface area contributed by atoms with Crippen molar-refractivity contribution < 1.29 is 4.79 Å². The molecule has 0 aromatic carbocycles. The Hall–Kier alpha value is -0.280. The van der Waals surface area contributed by atoms with Gasteiger partial charge < -0.3 is 10.6 Å². The molecule has 0 bridgehead atoms. The molecule has 3 nitrogen and oxygen atoms in total.